The van der Waals surface area contributed by atoms with Crippen molar-refractivity contribution in [2.75, 3.05) is 39.3 Å². The largest absolute Gasteiger partial charge is 0.480 e. The standard InChI is InChI=1S/C21H40N4O3/c1-7-23(14-18(26)27)17-12-16(13-17)22-19(28)24-8-10-25(11-9-24)21(5,6)15-20(2,3)4/h16-17H,7-15H2,1-6H3,(H,22,28)(H,26,27). The monoisotopic (exact) mass is 396 g/mol. The normalized spacial score (nSPS) is 24.2. The molecular formula is C21H40N4O3. The topological polar surface area (TPSA) is 76.1 Å². The third-order valence-electron chi connectivity index (χ3n) is 6.09. The predicted octanol–water partition coefficient (Wildman–Crippen LogP) is 2.47. The molecule has 0 aromatic carbocycles. The number of carbonyl (C=O) groups excluding carboxylic acids is 1. The molecule has 0 aromatic heterocycles. The molecule has 1 heterocycles. The van der Waals surface area contributed by atoms with E-state index in [2.05, 4.69) is 44.8 Å². The van der Waals surface area contributed by atoms with Gasteiger partial charge in [-0.1, -0.05) is 27.7 Å². The van der Waals surface area contributed by atoms with E-state index in [4.69, 9.17) is 5.11 Å². The van der Waals surface area contributed by atoms with Gasteiger partial charge in [-0.05, 0) is 45.1 Å². The summed E-state index contributed by atoms with van der Waals surface area (Å²) in [5.41, 5.74) is 0.418. The van der Waals surface area contributed by atoms with Crippen molar-refractivity contribution in [3.63, 3.8) is 0 Å². The van der Waals surface area contributed by atoms with Crippen molar-refractivity contribution in [2.24, 2.45) is 5.41 Å². The molecule has 1 aliphatic heterocycles. The second-order valence-corrected chi connectivity index (χ2v) is 10.3. The molecule has 2 rings (SSSR count). The van der Waals surface area contributed by atoms with Crippen LogP contribution in [0.15, 0.2) is 0 Å². The van der Waals surface area contributed by atoms with Crippen LogP contribution in [0.25, 0.3) is 0 Å². The number of hydrogen-bond donors (Lipinski definition) is 2. The number of rotatable bonds is 7. The summed E-state index contributed by atoms with van der Waals surface area (Å²) >= 11 is 0. The number of carboxylic acid groups (broad SMARTS) is 1. The molecule has 0 radical (unpaired) electrons. The van der Waals surface area contributed by atoms with Crippen LogP contribution in [-0.4, -0.2) is 88.7 Å². The number of aliphatic carboxylic acids is 1. The summed E-state index contributed by atoms with van der Waals surface area (Å²) in [6.07, 6.45) is 2.80. The Morgan fingerprint density at radius 3 is 2.11 bits per heavy atom. The van der Waals surface area contributed by atoms with Crippen LogP contribution in [0.2, 0.25) is 0 Å². The molecule has 0 atom stereocenters. The number of carboxylic acids is 1. The number of piperazine rings is 1. The van der Waals surface area contributed by atoms with Crippen LogP contribution in [0.4, 0.5) is 4.79 Å². The quantitative estimate of drug-likeness (QED) is 0.691. The molecule has 2 amide bonds. The molecule has 28 heavy (non-hydrogen) atoms. The van der Waals surface area contributed by atoms with E-state index in [9.17, 15) is 9.59 Å². The Hall–Kier alpha value is -1.34. The Bertz CT molecular complexity index is 544. The lowest BCUT2D eigenvalue weighted by Crippen LogP contribution is -2.61. The summed E-state index contributed by atoms with van der Waals surface area (Å²) in [6, 6.07) is 0.454. The van der Waals surface area contributed by atoms with Gasteiger partial charge in [-0.15, -0.1) is 0 Å². The van der Waals surface area contributed by atoms with E-state index in [0.717, 1.165) is 52.0 Å². The van der Waals surface area contributed by atoms with Crippen LogP contribution in [-0.2, 0) is 4.79 Å². The van der Waals surface area contributed by atoms with E-state index < -0.39 is 5.97 Å². The van der Waals surface area contributed by atoms with Crippen LogP contribution < -0.4 is 5.32 Å². The van der Waals surface area contributed by atoms with Crippen LogP contribution >= 0.6 is 0 Å². The van der Waals surface area contributed by atoms with Gasteiger partial charge in [0.15, 0.2) is 0 Å². The summed E-state index contributed by atoms with van der Waals surface area (Å²) < 4.78 is 0. The Morgan fingerprint density at radius 1 is 1.07 bits per heavy atom. The molecule has 1 aliphatic carbocycles. The highest BCUT2D eigenvalue weighted by atomic mass is 16.4. The highest BCUT2D eigenvalue weighted by Gasteiger charge is 2.37. The van der Waals surface area contributed by atoms with Crippen molar-refractivity contribution in [2.45, 2.75) is 78.4 Å². The van der Waals surface area contributed by atoms with E-state index in [1.54, 1.807) is 0 Å². The minimum Gasteiger partial charge on any atom is -0.480 e. The number of amides is 2. The highest BCUT2D eigenvalue weighted by Crippen LogP contribution is 2.32. The summed E-state index contributed by atoms with van der Waals surface area (Å²) in [5, 5.41) is 12.1. The van der Waals surface area contributed by atoms with Crippen molar-refractivity contribution in [3.05, 3.63) is 0 Å². The van der Waals surface area contributed by atoms with Gasteiger partial charge in [0, 0.05) is 43.8 Å². The van der Waals surface area contributed by atoms with E-state index in [1.807, 2.05) is 16.7 Å². The first-order valence-corrected chi connectivity index (χ1v) is 10.7. The Labute approximate surface area is 170 Å². The Balaban J connectivity index is 1.74. The molecular weight excluding hydrogens is 356 g/mol. The molecule has 7 heteroatoms. The summed E-state index contributed by atoms with van der Waals surface area (Å²) in [7, 11) is 0. The Kier molecular flexibility index (Phi) is 7.37. The summed E-state index contributed by atoms with van der Waals surface area (Å²) in [4.78, 5) is 29.9. The maximum atomic E-state index is 12.6. The molecule has 2 fully saturated rings. The second kappa shape index (κ2) is 8.99. The molecule has 0 aromatic rings. The average molecular weight is 397 g/mol. The number of nitrogens with zero attached hydrogens (tertiary/aromatic N) is 3. The minimum atomic E-state index is -0.790. The Morgan fingerprint density at radius 2 is 1.64 bits per heavy atom. The minimum absolute atomic E-state index is 0.0259. The van der Waals surface area contributed by atoms with Crippen LogP contribution in [0.1, 0.15) is 60.8 Å². The van der Waals surface area contributed by atoms with Crippen molar-refractivity contribution >= 4 is 12.0 Å². The summed E-state index contributed by atoms with van der Waals surface area (Å²) in [6.45, 7) is 17.6. The van der Waals surface area contributed by atoms with Crippen molar-refractivity contribution in [3.8, 4) is 0 Å². The first-order valence-electron chi connectivity index (χ1n) is 10.7. The zero-order valence-electron chi connectivity index (χ0n) is 18.6. The lowest BCUT2D eigenvalue weighted by molar-refractivity contribution is -0.139. The molecule has 2 N–H and O–H groups in total. The van der Waals surface area contributed by atoms with Crippen molar-refractivity contribution in [1.29, 1.82) is 0 Å². The fourth-order valence-electron chi connectivity index (χ4n) is 4.87. The van der Waals surface area contributed by atoms with E-state index >= 15 is 0 Å². The van der Waals surface area contributed by atoms with Crippen molar-refractivity contribution in [1.82, 2.24) is 20.0 Å². The van der Waals surface area contributed by atoms with Gasteiger partial charge in [-0.25, -0.2) is 4.79 Å². The second-order valence-electron chi connectivity index (χ2n) is 10.3. The molecule has 0 spiro atoms. The first kappa shape index (κ1) is 22.9. The van der Waals surface area contributed by atoms with Gasteiger partial charge < -0.3 is 15.3 Å². The molecule has 1 saturated carbocycles. The van der Waals surface area contributed by atoms with E-state index in [1.165, 1.54) is 0 Å². The number of urea groups is 1. The van der Waals surface area contributed by atoms with E-state index in [0.29, 0.717) is 0 Å². The highest BCUT2D eigenvalue weighted by molar-refractivity contribution is 5.74. The fraction of sp³-hybridized carbons (Fsp3) is 0.905. The van der Waals surface area contributed by atoms with Gasteiger partial charge in [0.2, 0.25) is 0 Å². The van der Waals surface area contributed by atoms with Crippen molar-refractivity contribution < 1.29 is 14.7 Å². The zero-order chi connectivity index (χ0) is 21.1. The zero-order valence-corrected chi connectivity index (χ0v) is 18.6. The molecule has 2 aliphatic rings. The smallest absolute Gasteiger partial charge is 0.317 e. The molecule has 0 unspecified atom stereocenters. The molecule has 1 saturated heterocycles. The van der Waals surface area contributed by atoms with Crippen LogP contribution in [0, 0.1) is 5.41 Å². The number of nitrogens with one attached hydrogen (secondary N) is 1. The first-order chi connectivity index (χ1) is 12.9. The molecule has 162 valence electrons. The predicted molar refractivity (Wildman–Crippen MR) is 112 cm³/mol. The lowest BCUT2D eigenvalue weighted by atomic mass is 9.80. The van der Waals surface area contributed by atoms with Gasteiger partial charge in [-0.2, -0.15) is 0 Å². The van der Waals surface area contributed by atoms with Gasteiger partial charge >= 0.3 is 12.0 Å². The number of carbonyl (C=O) groups is 2. The third-order valence-corrected chi connectivity index (χ3v) is 6.09. The average Bonchev–Trinajstić information content (AvgIpc) is 2.53. The molecule has 0 bridgehead atoms. The van der Waals surface area contributed by atoms with Gasteiger partial charge in [0.25, 0.3) is 0 Å². The lowest BCUT2D eigenvalue weighted by Gasteiger charge is -2.47. The summed E-state index contributed by atoms with van der Waals surface area (Å²) in [5.74, 6) is -0.790. The SMILES string of the molecule is CCN(CC(=O)O)C1CC(NC(=O)N2CCN(C(C)(C)CC(C)(C)C)CC2)C1. The van der Waals surface area contributed by atoms with Crippen LogP contribution in [0.3, 0.4) is 0 Å². The number of hydrogen-bond acceptors (Lipinski definition) is 4. The maximum absolute atomic E-state index is 12.6. The maximum Gasteiger partial charge on any atom is 0.317 e. The number of likely N-dealkylation sites (N-methyl/N-ethyl adjacent to an activating group) is 1. The van der Waals surface area contributed by atoms with Gasteiger partial charge in [0.1, 0.15) is 0 Å². The fourth-order valence-corrected chi connectivity index (χ4v) is 4.87. The van der Waals surface area contributed by atoms with Gasteiger partial charge in [-0.3, -0.25) is 14.6 Å². The van der Waals surface area contributed by atoms with E-state index in [-0.39, 0.29) is 35.6 Å². The molecule has 7 nitrogen and oxygen atoms in total. The van der Waals surface area contributed by atoms with Gasteiger partial charge in [0.05, 0.1) is 6.54 Å². The third kappa shape index (κ3) is 6.34. The van der Waals surface area contributed by atoms with Crippen LogP contribution in [0.5, 0.6) is 0 Å².